The van der Waals surface area contributed by atoms with Crippen molar-refractivity contribution >= 4 is 29.8 Å². The smallest absolute Gasteiger partial charge is 0.480 e. The van der Waals surface area contributed by atoms with Gasteiger partial charge in [-0.3, -0.25) is 38.7 Å². The zero-order valence-corrected chi connectivity index (χ0v) is 21.9. The molecule has 0 saturated heterocycles. The van der Waals surface area contributed by atoms with Crippen molar-refractivity contribution in [2.24, 2.45) is 0 Å². The van der Waals surface area contributed by atoms with E-state index in [1.165, 1.54) is 4.90 Å². The summed E-state index contributed by atoms with van der Waals surface area (Å²) in [5.74, 6) is -6.16. The molecule has 0 heterocycles. The molecule has 0 atom stereocenters. The summed E-state index contributed by atoms with van der Waals surface area (Å²) < 4.78 is 0. The summed E-state index contributed by atoms with van der Waals surface area (Å²) in [5.41, 5.74) is 0. The molecule has 30 heavy (non-hydrogen) atoms. The van der Waals surface area contributed by atoms with Gasteiger partial charge in [-0.25, -0.2) is 0 Å². The largest absolute Gasteiger partial charge is 1.00 e. The Balaban J connectivity index is -0.00000113. The van der Waals surface area contributed by atoms with Gasteiger partial charge >= 0.3 is 89.0 Å². The average molecular weight is 495 g/mol. The molecule has 0 aromatic heterocycles. The molecule has 0 unspecified atom stereocenters. The van der Waals surface area contributed by atoms with Gasteiger partial charge in [0.15, 0.2) is 0 Å². The van der Waals surface area contributed by atoms with Crippen molar-refractivity contribution in [1.29, 1.82) is 0 Å². The number of hydrogen-bond acceptors (Lipinski definition) is 8. The zero-order chi connectivity index (χ0) is 21.0. The molecule has 0 aromatic rings. The Morgan fingerprint density at radius 1 is 0.433 bits per heavy atom. The summed E-state index contributed by atoms with van der Waals surface area (Å²) in [4.78, 5) is 57.6. The molecule has 0 radical (unpaired) electrons. The predicted molar refractivity (Wildman–Crippen MR) is 87.5 cm³/mol. The van der Waals surface area contributed by atoms with Gasteiger partial charge < -0.3 is 25.5 Å². The minimum Gasteiger partial charge on any atom is -0.480 e. The number of rotatable bonds is 16. The van der Waals surface area contributed by atoms with E-state index < -0.39 is 62.6 Å². The van der Waals surface area contributed by atoms with E-state index in [9.17, 15) is 24.0 Å². The summed E-state index contributed by atoms with van der Waals surface area (Å²) in [6.45, 7) is -2.74. The monoisotopic (exact) mass is 495 g/mol. The van der Waals surface area contributed by atoms with E-state index in [-0.39, 0.29) is 102 Å². The van der Waals surface area contributed by atoms with Gasteiger partial charge in [0, 0.05) is 43.2 Å². The Kier molecular flexibility index (Phi) is 25.5. The van der Waals surface area contributed by atoms with Gasteiger partial charge in [-0.05, 0) is 0 Å². The van der Waals surface area contributed by atoms with E-state index >= 15 is 0 Å². The van der Waals surface area contributed by atoms with Crippen molar-refractivity contribution in [3.63, 3.8) is 0 Å². The van der Waals surface area contributed by atoms with Gasteiger partial charge in [0.25, 0.3) is 0 Å². The van der Waals surface area contributed by atoms with Crippen molar-refractivity contribution in [1.82, 2.24) is 14.7 Å². The maximum Gasteiger partial charge on any atom is 1.00 e. The molecule has 0 fully saturated rings. The Labute approximate surface area is 227 Å². The summed E-state index contributed by atoms with van der Waals surface area (Å²) >= 11 is 0. The first-order valence-corrected chi connectivity index (χ1v) is 7.75. The van der Waals surface area contributed by atoms with Gasteiger partial charge in [-0.1, -0.05) is 0 Å². The van der Waals surface area contributed by atoms with Gasteiger partial charge in [0.1, 0.15) is 0 Å². The standard InChI is InChI=1S/C14H23N3O10.Fe.2Na/c18-10(19)5-15(1-3-16(6-11(20)21)7-12(22)23)2-4-17(8-13(24)25)9-14(26)27;;;/h1-9H2,(H,18,19)(H,20,21)(H,22,23)(H,24,25)(H,26,27);;;/q;;2*+1. The summed E-state index contributed by atoms with van der Waals surface area (Å²) in [7, 11) is 0. The molecule has 162 valence electrons. The van der Waals surface area contributed by atoms with Crippen LogP contribution < -0.4 is 59.1 Å². The Bertz CT molecular complexity index is 498. The van der Waals surface area contributed by atoms with Crippen LogP contribution in [0, 0.1) is 0 Å². The molecule has 13 nitrogen and oxygen atoms in total. The van der Waals surface area contributed by atoms with E-state index in [4.69, 9.17) is 25.5 Å². The summed E-state index contributed by atoms with van der Waals surface area (Å²) in [6.07, 6.45) is 0. The fraction of sp³-hybridized carbons (Fsp3) is 0.643. The van der Waals surface area contributed by atoms with Crippen LogP contribution in [0.15, 0.2) is 0 Å². The number of carboxylic acid groups (broad SMARTS) is 5. The number of aliphatic carboxylic acids is 5. The molecule has 0 spiro atoms. The maximum atomic E-state index is 11.0. The average Bonchev–Trinajstić information content (AvgIpc) is 2.46. The van der Waals surface area contributed by atoms with Crippen LogP contribution in [0.25, 0.3) is 0 Å². The second-order valence-corrected chi connectivity index (χ2v) is 5.67. The van der Waals surface area contributed by atoms with Gasteiger partial charge in [0.2, 0.25) is 0 Å². The van der Waals surface area contributed by atoms with Crippen LogP contribution in [0.5, 0.6) is 0 Å². The van der Waals surface area contributed by atoms with Crippen molar-refractivity contribution in [2.75, 3.05) is 58.9 Å². The first kappa shape index (κ1) is 37.1. The zero-order valence-electron chi connectivity index (χ0n) is 16.8. The first-order valence-electron chi connectivity index (χ1n) is 7.75. The third-order valence-electron chi connectivity index (χ3n) is 3.26. The van der Waals surface area contributed by atoms with E-state index in [1.807, 2.05) is 0 Å². The van der Waals surface area contributed by atoms with Crippen LogP contribution in [0.1, 0.15) is 0 Å². The van der Waals surface area contributed by atoms with E-state index in [1.54, 1.807) is 0 Å². The third kappa shape index (κ3) is 22.4. The second-order valence-electron chi connectivity index (χ2n) is 5.67. The number of carbonyl (C=O) groups is 5. The Hall–Kier alpha value is -0.251. The fourth-order valence-corrected chi connectivity index (χ4v) is 2.22. The predicted octanol–water partition coefficient (Wildman–Crippen LogP) is -8.68. The minimum absolute atomic E-state index is 0. The van der Waals surface area contributed by atoms with Gasteiger partial charge in [0.05, 0.1) is 32.7 Å². The van der Waals surface area contributed by atoms with Crippen LogP contribution in [-0.2, 0) is 41.0 Å². The van der Waals surface area contributed by atoms with Crippen LogP contribution in [0.2, 0.25) is 0 Å². The third-order valence-corrected chi connectivity index (χ3v) is 3.26. The SMILES string of the molecule is O=C(O)CN(CCN(CC(=O)O)CC(=O)O)CCN(CC(=O)O)CC(=O)O.[Fe].[Na+].[Na+]. The number of carboxylic acids is 5. The fourth-order valence-electron chi connectivity index (χ4n) is 2.22. The van der Waals surface area contributed by atoms with Crippen LogP contribution in [-0.4, -0.2) is 129 Å². The van der Waals surface area contributed by atoms with Gasteiger partial charge in [-0.2, -0.15) is 0 Å². The van der Waals surface area contributed by atoms with Crippen LogP contribution >= 0.6 is 0 Å². The molecule has 0 saturated carbocycles. The molecule has 0 amide bonds. The van der Waals surface area contributed by atoms with Crippen LogP contribution in [0.3, 0.4) is 0 Å². The number of nitrogens with zero attached hydrogens (tertiary/aromatic N) is 3. The van der Waals surface area contributed by atoms with Crippen molar-refractivity contribution in [3.8, 4) is 0 Å². The molecule has 16 heteroatoms. The van der Waals surface area contributed by atoms with Gasteiger partial charge in [-0.15, -0.1) is 0 Å². The molecule has 0 rings (SSSR count). The molecular formula is C14H23FeN3Na2O10+2. The quantitative estimate of drug-likeness (QED) is 0.127. The molecule has 0 aliphatic heterocycles. The molecule has 0 aliphatic carbocycles. The molecular weight excluding hydrogens is 472 g/mol. The van der Waals surface area contributed by atoms with Crippen molar-refractivity contribution in [2.45, 2.75) is 0 Å². The first-order chi connectivity index (χ1) is 12.5. The molecule has 0 aliphatic rings. The molecule has 0 aromatic carbocycles. The van der Waals surface area contributed by atoms with E-state index in [2.05, 4.69) is 0 Å². The van der Waals surface area contributed by atoms with Crippen molar-refractivity contribution in [3.05, 3.63) is 0 Å². The Morgan fingerprint density at radius 3 is 0.800 bits per heavy atom. The summed E-state index contributed by atoms with van der Waals surface area (Å²) in [5, 5.41) is 44.1. The normalized spacial score (nSPS) is 9.97. The second kappa shape index (κ2) is 20.6. The van der Waals surface area contributed by atoms with E-state index in [0.29, 0.717) is 0 Å². The topological polar surface area (TPSA) is 196 Å². The Morgan fingerprint density at radius 2 is 0.600 bits per heavy atom. The van der Waals surface area contributed by atoms with Crippen LogP contribution in [0.4, 0.5) is 0 Å². The number of hydrogen-bond donors (Lipinski definition) is 5. The summed E-state index contributed by atoms with van der Waals surface area (Å²) in [6, 6.07) is 0. The molecule has 0 bridgehead atoms. The molecule has 5 N–H and O–H groups in total. The maximum absolute atomic E-state index is 11.0. The van der Waals surface area contributed by atoms with Crippen molar-refractivity contribution < 1.29 is 126 Å². The van der Waals surface area contributed by atoms with E-state index in [0.717, 1.165) is 9.80 Å². The minimum atomic E-state index is -1.24.